The summed E-state index contributed by atoms with van der Waals surface area (Å²) in [5, 5.41) is 21.7. The minimum Gasteiger partial charge on any atom is -0.504 e. The van der Waals surface area contributed by atoms with Crippen LogP contribution in [0.5, 0.6) is 5.75 Å². The largest absolute Gasteiger partial charge is 0.504 e. The zero-order valence-corrected chi connectivity index (χ0v) is 9.98. The van der Waals surface area contributed by atoms with Gasteiger partial charge in [0.25, 0.3) is 5.91 Å². The summed E-state index contributed by atoms with van der Waals surface area (Å²) in [5.74, 6) is -0.849. The van der Waals surface area contributed by atoms with Crippen LogP contribution in [0, 0.1) is 11.3 Å². The van der Waals surface area contributed by atoms with Gasteiger partial charge in [0, 0.05) is 11.6 Å². The molecule has 0 saturated carbocycles. The van der Waals surface area contributed by atoms with Gasteiger partial charge in [-0.2, -0.15) is 17.9 Å². The van der Waals surface area contributed by atoms with Crippen LogP contribution in [-0.4, -0.2) is 26.9 Å². The first kappa shape index (κ1) is 12.1. The molecule has 2 aromatic heterocycles. The van der Waals surface area contributed by atoms with Gasteiger partial charge in [0.15, 0.2) is 17.1 Å². The highest BCUT2D eigenvalue weighted by molar-refractivity contribution is 7.80. The summed E-state index contributed by atoms with van der Waals surface area (Å²) >= 11 is 3.84. The molecule has 0 atom stereocenters. The molecule has 0 aliphatic rings. The topological polar surface area (TPSA) is 98.9 Å². The molecule has 0 radical (unpaired) electrons. The number of hydrogen-bond acceptors (Lipinski definition) is 6. The van der Waals surface area contributed by atoms with Gasteiger partial charge in [-0.05, 0) is 12.1 Å². The lowest BCUT2D eigenvalue weighted by atomic mass is 10.1. The first-order valence-electron chi connectivity index (χ1n) is 4.96. The quantitative estimate of drug-likeness (QED) is 0.548. The molecule has 2 rings (SSSR count). The SMILES string of the molecule is N#Cc1nc(C(=O)NCS)c(O)c2ncccc12. The van der Waals surface area contributed by atoms with Crippen molar-refractivity contribution in [3.8, 4) is 11.8 Å². The lowest BCUT2D eigenvalue weighted by molar-refractivity contribution is 0.0953. The van der Waals surface area contributed by atoms with E-state index in [2.05, 4.69) is 27.9 Å². The van der Waals surface area contributed by atoms with E-state index in [4.69, 9.17) is 5.26 Å². The normalized spacial score (nSPS) is 10.0. The van der Waals surface area contributed by atoms with Gasteiger partial charge in [0.2, 0.25) is 0 Å². The van der Waals surface area contributed by atoms with E-state index in [1.54, 1.807) is 12.1 Å². The fourth-order valence-electron chi connectivity index (χ4n) is 1.52. The molecule has 0 unspecified atom stereocenters. The Kier molecular flexibility index (Phi) is 3.30. The number of pyridine rings is 2. The van der Waals surface area contributed by atoms with Crippen molar-refractivity contribution in [2.45, 2.75) is 0 Å². The minimum atomic E-state index is -0.605. The maximum atomic E-state index is 11.7. The first-order valence-corrected chi connectivity index (χ1v) is 5.59. The van der Waals surface area contributed by atoms with E-state index in [0.29, 0.717) is 5.39 Å². The van der Waals surface area contributed by atoms with Gasteiger partial charge in [-0.25, -0.2) is 4.98 Å². The molecule has 90 valence electrons. The molecule has 1 amide bonds. The number of rotatable bonds is 2. The Bertz CT molecular complexity index is 666. The molecule has 7 heteroatoms. The summed E-state index contributed by atoms with van der Waals surface area (Å²) in [5.41, 5.74) is -0.0135. The van der Waals surface area contributed by atoms with E-state index in [1.165, 1.54) is 6.20 Å². The predicted molar refractivity (Wildman–Crippen MR) is 67.2 cm³/mol. The fraction of sp³-hybridized carbons (Fsp3) is 0.0909. The van der Waals surface area contributed by atoms with E-state index in [9.17, 15) is 9.90 Å². The van der Waals surface area contributed by atoms with Gasteiger partial charge in [0.05, 0.1) is 5.88 Å². The number of carbonyl (C=O) groups is 1. The summed E-state index contributed by atoms with van der Waals surface area (Å²) in [6.45, 7) is 0. The lowest BCUT2D eigenvalue weighted by Crippen LogP contribution is -2.23. The molecular formula is C11H8N4O2S. The number of carbonyl (C=O) groups excluding carboxylic acids is 1. The Morgan fingerprint density at radius 3 is 3.06 bits per heavy atom. The zero-order chi connectivity index (χ0) is 13.1. The second kappa shape index (κ2) is 4.89. The third-order valence-corrected chi connectivity index (χ3v) is 2.45. The summed E-state index contributed by atoms with van der Waals surface area (Å²) in [4.78, 5) is 19.5. The maximum Gasteiger partial charge on any atom is 0.274 e. The number of fused-ring (bicyclic) bond motifs is 1. The van der Waals surface area contributed by atoms with Crippen LogP contribution in [0.15, 0.2) is 18.3 Å². The van der Waals surface area contributed by atoms with Crippen molar-refractivity contribution in [1.29, 1.82) is 5.26 Å². The van der Waals surface area contributed by atoms with E-state index < -0.39 is 5.91 Å². The van der Waals surface area contributed by atoms with Crippen LogP contribution in [0.2, 0.25) is 0 Å². The van der Waals surface area contributed by atoms with Crippen LogP contribution in [0.3, 0.4) is 0 Å². The van der Waals surface area contributed by atoms with E-state index in [-0.39, 0.29) is 28.5 Å². The molecule has 2 heterocycles. The molecule has 18 heavy (non-hydrogen) atoms. The van der Waals surface area contributed by atoms with Crippen LogP contribution in [0.4, 0.5) is 0 Å². The third-order valence-electron chi connectivity index (χ3n) is 2.30. The van der Waals surface area contributed by atoms with Crippen molar-refractivity contribution in [3.05, 3.63) is 29.7 Å². The molecule has 0 aliphatic carbocycles. The van der Waals surface area contributed by atoms with E-state index in [0.717, 1.165) is 0 Å². The average Bonchev–Trinajstić information content (AvgIpc) is 2.40. The minimum absolute atomic E-state index is 0.0419. The average molecular weight is 260 g/mol. The predicted octanol–water partition coefficient (Wildman–Crippen LogP) is 0.824. The molecule has 0 aliphatic heterocycles. The molecule has 0 spiro atoms. The summed E-state index contributed by atoms with van der Waals surface area (Å²) in [7, 11) is 0. The summed E-state index contributed by atoms with van der Waals surface area (Å²) in [6.07, 6.45) is 1.46. The number of nitriles is 1. The Labute approximate surface area is 108 Å². The standard InChI is InChI=1S/C11H8N4O2S/c12-4-7-6-2-1-3-13-8(6)10(16)9(15-7)11(17)14-5-18/h1-3,16,18H,5H2,(H,14,17). The Morgan fingerprint density at radius 1 is 1.61 bits per heavy atom. The zero-order valence-electron chi connectivity index (χ0n) is 9.08. The van der Waals surface area contributed by atoms with Gasteiger partial charge >= 0.3 is 0 Å². The lowest BCUT2D eigenvalue weighted by Gasteiger charge is -2.07. The van der Waals surface area contributed by atoms with Crippen molar-refractivity contribution in [2.24, 2.45) is 0 Å². The second-order valence-electron chi connectivity index (χ2n) is 3.33. The number of thiol groups is 1. The van der Waals surface area contributed by atoms with Crippen molar-refractivity contribution < 1.29 is 9.90 Å². The highest BCUT2D eigenvalue weighted by Crippen LogP contribution is 2.27. The van der Waals surface area contributed by atoms with Gasteiger partial charge in [-0.3, -0.25) is 9.78 Å². The Hall–Kier alpha value is -2.33. The van der Waals surface area contributed by atoms with Crippen molar-refractivity contribution in [1.82, 2.24) is 15.3 Å². The number of aromatic hydroxyl groups is 1. The van der Waals surface area contributed by atoms with Gasteiger partial charge in [-0.15, -0.1) is 0 Å². The van der Waals surface area contributed by atoms with Crippen LogP contribution in [0.25, 0.3) is 10.9 Å². The highest BCUT2D eigenvalue weighted by Gasteiger charge is 2.19. The van der Waals surface area contributed by atoms with E-state index >= 15 is 0 Å². The molecule has 0 bridgehead atoms. The molecule has 0 aromatic carbocycles. The van der Waals surface area contributed by atoms with Gasteiger partial charge in [-0.1, -0.05) is 0 Å². The molecular weight excluding hydrogens is 252 g/mol. The Morgan fingerprint density at radius 2 is 2.39 bits per heavy atom. The molecule has 0 fully saturated rings. The van der Waals surface area contributed by atoms with Crippen molar-refractivity contribution in [2.75, 3.05) is 5.88 Å². The monoisotopic (exact) mass is 260 g/mol. The van der Waals surface area contributed by atoms with Crippen LogP contribution >= 0.6 is 12.6 Å². The molecule has 0 saturated heterocycles. The summed E-state index contributed by atoms with van der Waals surface area (Å²) < 4.78 is 0. The Balaban J connectivity index is 2.74. The first-order chi connectivity index (χ1) is 8.69. The van der Waals surface area contributed by atoms with Gasteiger partial charge in [0.1, 0.15) is 11.6 Å². The number of amides is 1. The number of nitrogens with zero attached hydrogens (tertiary/aromatic N) is 3. The molecule has 6 nitrogen and oxygen atoms in total. The number of aromatic nitrogens is 2. The van der Waals surface area contributed by atoms with Crippen LogP contribution in [0.1, 0.15) is 16.2 Å². The van der Waals surface area contributed by atoms with E-state index in [1.807, 2.05) is 6.07 Å². The highest BCUT2D eigenvalue weighted by atomic mass is 32.1. The number of nitrogens with one attached hydrogen (secondary N) is 1. The fourth-order valence-corrected chi connectivity index (χ4v) is 1.66. The third kappa shape index (κ3) is 1.94. The molecule has 2 N–H and O–H groups in total. The maximum absolute atomic E-state index is 11.7. The van der Waals surface area contributed by atoms with Crippen LogP contribution in [-0.2, 0) is 0 Å². The van der Waals surface area contributed by atoms with Crippen molar-refractivity contribution in [3.63, 3.8) is 0 Å². The van der Waals surface area contributed by atoms with Crippen LogP contribution < -0.4 is 5.32 Å². The number of hydrogen-bond donors (Lipinski definition) is 3. The van der Waals surface area contributed by atoms with Gasteiger partial charge < -0.3 is 10.4 Å². The molecule has 2 aromatic rings. The second-order valence-corrected chi connectivity index (χ2v) is 3.65. The smallest absolute Gasteiger partial charge is 0.274 e. The summed E-state index contributed by atoms with van der Waals surface area (Å²) in [6, 6.07) is 5.10. The van der Waals surface area contributed by atoms with Crippen molar-refractivity contribution >= 4 is 29.4 Å².